The number of nitrogens with zero attached hydrogens (tertiary/aromatic N) is 1. The molecule has 0 aliphatic carbocycles. The first-order valence-electron chi connectivity index (χ1n) is 6.10. The van der Waals surface area contributed by atoms with E-state index < -0.39 is 29.8 Å². The molecule has 2 N–H and O–H groups in total. The summed E-state index contributed by atoms with van der Waals surface area (Å²) in [5.74, 6) is -1.07. The second kappa shape index (κ2) is 5.56. The number of ether oxygens (including phenoxy) is 1. The molecule has 1 aliphatic rings. The molecule has 1 heterocycles. The molecule has 1 saturated heterocycles. The van der Waals surface area contributed by atoms with Crippen LogP contribution in [0, 0.1) is 0 Å². The average Bonchev–Trinajstić information content (AvgIpc) is 2.61. The number of aliphatic hydroxyl groups excluding tert-OH is 1. The molecule has 1 aliphatic heterocycles. The highest BCUT2D eigenvalue weighted by atomic mass is 16.6. The largest absolute Gasteiger partial charge is 0.481 e. The molecule has 0 aromatic heterocycles. The second-order valence-electron chi connectivity index (χ2n) is 5.55. The molecule has 104 valence electrons. The van der Waals surface area contributed by atoms with Crippen LogP contribution in [0.3, 0.4) is 0 Å². The normalized spacial score (nSPS) is 21.8. The van der Waals surface area contributed by atoms with Gasteiger partial charge in [-0.1, -0.05) is 0 Å². The van der Waals surface area contributed by atoms with Gasteiger partial charge in [-0.2, -0.15) is 0 Å². The smallest absolute Gasteiger partial charge is 0.410 e. The van der Waals surface area contributed by atoms with Crippen molar-refractivity contribution in [1.82, 2.24) is 4.90 Å². The van der Waals surface area contributed by atoms with Crippen LogP contribution in [0.1, 0.15) is 40.0 Å². The summed E-state index contributed by atoms with van der Waals surface area (Å²) in [6, 6.07) is -0.462. The lowest BCUT2D eigenvalue weighted by Crippen LogP contribution is -2.45. The van der Waals surface area contributed by atoms with Crippen LogP contribution in [0.15, 0.2) is 0 Å². The van der Waals surface area contributed by atoms with E-state index in [-0.39, 0.29) is 6.42 Å². The van der Waals surface area contributed by atoms with Gasteiger partial charge in [-0.15, -0.1) is 0 Å². The molecule has 0 radical (unpaired) electrons. The Morgan fingerprint density at radius 3 is 2.56 bits per heavy atom. The van der Waals surface area contributed by atoms with E-state index in [1.165, 1.54) is 4.90 Å². The molecule has 1 fully saturated rings. The van der Waals surface area contributed by atoms with Crippen LogP contribution < -0.4 is 0 Å². The predicted octanol–water partition coefficient (Wildman–Crippen LogP) is 1.22. The van der Waals surface area contributed by atoms with Gasteiger partial charge in [0.25, 0.3) is 0 Å². The van der Waals surface area contributed by atoms with Crippen molar-refractivity contribution in [2.75, 3.05) is 6.54 Å². The zero-order valence-electron chi connectivity index (χ0n) is 11.0. The van der Waals surface area contributed by atoms with Crippen LogP contribution in [0.2, 0.25) is 0 Å². The Morgan fingerprint density at radius 1 is 1.44 bits per heavy atom. The minimum absolute atomic E-state index is 0.357. The molecule has 0 bridgehead atoms. The zero-order valence-corrected chi connectivity index (χ0v) is 11.0. The lowest BCUT2D eigenvalue weighted by atomic mass is 10.1. The third-order valence-electron chi connectivity index (χ3n) is 2.76. The third kappa shape index (κ3) is 4.18. The number of rotatable bonds is 3. The van der Waals surface area contributed by atoms with Crippen molar-refractivity contribution < 1.29 is 24.5 Å². The highest BCUT2D eigenvalue weighted by Crippen LogP contribution is 2.24. The van der Waals surface area contributed by atoms with Crippen molar-refractivity contribution in [3.8, 4) is 0 Å². The minimum atomic E-state index is -1.07. The zero-order chi connectivity index (χ0) is 13.9. The Bertz CT molecular complexity index is 323. The summed E-state index contributed by atoms with van der Waals surface area (Å²) < 4.78 is 5.24. The van der Waals surface area contributed by atoms with Crippen LogP contribution in [0.5, 0.6) is 0 Å². The van der Waals surface area contributed by atoms with Crippen molar-refractivity contribution >= 4 is 12.1 Å². The van der Waals surface area contributed by atoms with Gasteiger partial charge in [-0.3, -0.25) is 4.79 Å². The van der Waals surface area contributed by atoms with Crippen molar-refractivity contribution in [2.24, 2.45) is 0 Å². The predicted molar refractivity (Wildman–Crippen MR) is 64.2 cm³/mol. The second-order valence-corrected chi connectivity index (χ2v) is 5.55. The van der Waals surface area contributed by atoms with E-state index >= 15 is 0 Å². The van der Waals surface area contributed by atoms with Gasteiger partial charge in [0.15, 0.2) is 0 Å². The summed E-state index contributed by atoms with van der Waals surface area (Å²) in [5, 5.41) is 18.5. The number of hydrogen-bond acceptors (Lipinski definition) is 4. The van der Waals surface area contributed by atoms with E-state index in [0.717, 1.165) is 6.42 Å². The summed E-state index contributed by atoms with van der Waals surface area (Å²) in [7, 11) is 0. The van der Waals surface area contributed by atoms with E-state index in [1.54, 1.807) is 20.8 Å². The van der Waals surface area contributed by atoms with Crippen LogP contribution in [-0.4, -0.2) is 51.5 Å². The maximum absolute atomic E-state index is 11.9. The SMILES string of the molecule is CC(C)(C)OC(=O)N1CCCC1[C@@H](O)CC(=O)O. The van der Waals surface area contributed by atoms with Crippen LogP contribution >= 0.6 is 0 Å². The van der Waals surface area contributed by atoms with E-state index in [2.05, 4.69) is 0 Å². The molecule has 0 saturated carbocycles. The quantitative estimate of drug-likeness (QED) is 0.795. The number of amides is 1. The van der Waals surface area contributed by atoms with Gasteiger partial charge in [0.05, 0.1) is 18.6 Å². The van der Waals surface area contributed by atoms with Gasteiger partial charge in [-0.05, 0) is 33.6 Å². The molecule has 1 rings (SSSR count). The lowest BCUT2D eigenvalue weighted by Gasteiger charge is -2.30. The Kier molecular flexibility index (Phi) is 4.56. The number of likely N-dealkylation sites (tertiary alicyclic amines) is 1. The topological polar surface area (TPSA) is 87.1 Å². The van der Waals surface area contributed by atoms with E-state index in [4.69, 9.17) is 9.84 Å². The first-order chi connectivity index (χ1) is 8.20. The van der Waals surface area contributed by atoms with E-state index in [1.807, 2.05) is 0 Å². The van der Waals surface area contributed by atoms with Gasteiger partial charge in [-0.25, -0.2) is 4.79 Å². The maximum atomic E-state index is 11.9. The molecular weight excluding hydrogens is 238 g/mol. The van der Waals surface area contributed by atoms with E-state index in [0.29, 0.717) is 13.0 Å². The van der Waals surface area contributed by atoms with Gasteiger partial charge < -0.3 is 19.8 Å². The molecule has 18 heavy (non-hydrogen) atoms. The standard InChI is InChI=1S/C12H21NO5/c1-12(2,3)18-11(17)13-6-4-5-8(13)9(14)7-10(15)16/h8-9,14H,4-7H2,1-3H3,(H,15,16)/t8?,9-/m0/s1. The summed E-state index contributed by atoms with van der Waals surface area (Å²) >= 11 is 0. The fourth-order valence-electron chi connectivity index (χ4n) is 2.05. The summed E-state index contributed by atoms with van der Waals surface area (Å²) in [6.07, 6.45) is -0.537. The van der Waals surface area contributed by atoms with Crippen LogP contribution in [-0.2, 0) is 9.53 Å². The molecule has 6 heteroatoms. The lowest BCUT2D eigenvalue weighted by molar-refractivity contribution is -0.140. The molecule has 2 atom stereocenters. The Balaban J connectivity index is 2.64. The minimum Gasteiger partial charge on any atom is -0.481 e. The van der Waals surface area contributed by atoms with Gasteiger partial charge in [0.2, 0.25) is 0 Å². The third-order valence-corrected chi connectivity index (χ3v) is 2.76. The van der Waals surface area contributed by atoms with Crippen molar-refractivity contribution in [1.29, 1.82) is 0 Å². The maximum Gasteiger partial charge on any atom is 0.410 e. The number of aliphatic hydroxyl groups is 1. The molecule has 0 spiro atoms. The van der Waals surface area contributed by atoms with Crippen molar-refractivity contribution in [2.45, 2.75) is 57.8 Å². The number of hydrogen-bond donors (Lipinski definition) is 2. The Hall–Kier alpha value is -1.30. The molecule has 1 amide bonds. The molecule has 6 nitrogen and oxygen atoms in total. The number of aliphatic carboxylic acids is 1. The fraction of sp³-hybridized carbons (Fsp3) is 0.833. The van der Waals surface area contributed by atoms with E-state index in [9.17, 15) is 14.7 Å². The number of carbonyl (C=O) groups is 2. The van der Waals surface area contributed by atoms with Crippen molar-refractivity contribution in [3.05, 3.63) is 0 Å². The summed E-state index contributed by atoms with van der Waals surface area (Å²) in [6.45, 7) is 5.80. The highest BCUT2D eigenvalue weighted by Gasteiger charge is 2.36. The number of carboxylic acids is 1. The first-order valence-corrected chi connectivity index (χ1v) is 6.10. The van der Waals surface area contributed by atoms with Crippen LogP contribution in [0.4, 0.5) is 4.79 Å². The highest BCUT2D eigenvalue weighted by molar-refractivity contribution is 5.70. The van der Waals surface area contributed by atoms with Gasteiger partial charge in [0.1, 0.15) is 5.60 Å². The molecule has 0 aromatic carbocycles. The summed E-state index contributed by atoms with van der Waals surface area (Å²) in [5.41, 5.74) is -0.595. The van der Waals surface area contributed by atoms with Gasteiger partial charge in [0, 0.05) is 6.54 Å². The Labute approximate surface area is 107 Å². The monoisotopic (exact) mass is 259 g/mol. The number of carboxylic acid groups (broad SMARTS) is 1. The fourth-order valence-corrected chi connectivity index (χ4v) is 2.05. The Morgan fingerprint density at radius 2 is 2.06 bits per heavy atom. The average molecular weight is 259 g/mol. The number of carbonyl (C=O) groups excluding carboxylic acids is 1. The van der Waals surface area contributed by atoms with Crippen molar-refractivity contribution in [3.63, 3.8) is 0 Å². The van der Waals surface area contributed by atoms with Gasteiger partial charge >= 0.3 is 12.1 Å². The molecular formula is C12H21NO5. The first kappa shape index (κ1) is 14.8. The molecule has 1 unspecified atom stereocenters. The summed E-state index contributed by atoms with van der Waals surface area (Å²) in [4.78, 5) is 23.9. The molecule has 0 aromatic rings. The van der Waals surface area contributed by atoms with Crippen LogP contribution in [0.25, 0.3) is 0 Å².